The Balaban J connectivity index is 1.73. The molecule has 0 unspecified atom stereocenters. The molecule has 3 aromatic rings. The molecule has 2 aromatic heterocycles. The first-order valence-electron chi connectivity index (χ1n) is 7.14. The third-order valence-electron chi connectivity index (χ3n) is 3.47. The Hall–Kier alpha value is -2.31. The lowest BCUT2D eigenvalue weighted by molar-refractivity contribution is 0.0941. The number of amides is 1. The van der Waals surface area contributed by atoms with Crippen molar-refractivity contribution in [2.24, 2.45) is 7.05 Å². The number of nitrogens with zero attached hydrogens (tertiary/aromatic N) is 3. The van der Waals surface area contributed by atoms with Gasteiger partial charge in [0.05, 0.1) is 23.0 Å². The van der Waals surface area contributed by atoms with Crippen LogP contribution in [-0.2, 0) is 13.6 Å². The molecular weight excluding hydrogens is 351 g/mol. The Labute approximate surface area is 148 Å². The van der Waals surface area contributed by atoms with E-state index in [0.717, 1.165) is 11.4 Å². The highest BCUT2D eigenvalue weighted by atomic mass is 35.5. The predicted octanol–water partition coefficient (Wildman–Crippen LogP) is 3.62. The normalized spacial score (nSPS) is 10.8. The van der Waals surface area contributed by atoms with E-state index in [0.29, 0.717) is 27.9 Å². The average molecular weight is 365 g/mol. The summed E-state index contributed by atoms with van der Waals surface area (Å²) in [5.74, 6) is 0.0622. The minimum atomic E-state index is -0.339. The molecule has 0 aliphatic rings. The summed E-state index contributed by atoms with van der Waals surface area (Å²) in [6.07, 6.45) is 0. The second-order valence-corrected chi connectivity index (χ2v) is 6.13. The quantitative estimate of drug-likeness (QED) is 0.767. The minimum Gasteiger partial charge on any atom is -0.355 e. The van der Waals surface area contributed by atoms with Crippen molar-refractivity contribution in [1.82, 2.24) is 20.3 Å². The van der Waals surface area contributed by atoms with Gasteiger partial charge in [-0.1, -0.05) is 28.4 Å². The molecule has 0 saturated heterocycles. The molecule has 124 valence electrons. The molecule has 0 atom stereocenters. The van der Waals surface area contributed by atoms with Crippen LogP contribution >= 0.6 is 23.2 Å². The van der Waals surface area contributed by atoms with Crippen LogP contribution in [-0.4, -0.2) is 20.8 Å². The van der Waals surface area contributed by atoms with Crippen molar-refractivity contribution < 1.29 is 9.32 Å². The molecule has 0 aliphatic heterocycles. The molecule has 0 saturated carbocycles. The SMILES string of the molecule is Cc1cc(CNC(=O)c2cc(-c3ccc(Cl)cc3Cl)on2)n(C)n1. The standard InChI is InChI=1S/C16H14Cl2N4O2/c1-9-5-11(22(2)20-9)8-19-16(23)14-7-15(24-21-14)12-4-3-10(17)6-13(12)18/h3-7H,8H2,1-2H3,(H,19,23). The highest BCUT2D eigenvalue weighted by Crippen LogP contribution is 2.30. The van der Waals surface area contributed by atoms with Gasteiger partial charge in [-0.2, -0.15) is 5.10 Å². The number of aromatic nitrogens is 3. The summed E-state index contributed by atoms with van der Waals surface area (Å²) in [7, 11) is 1.82. The number of benzene rings is 1. The van der Waals surface area contributed by atoms with E-state index in [1.165, 1.54) is 0 Å². The van der Waals surface area contributed by atoms with Crippen LogP contribution in [0.5, 0.6) is 0 Å². The van der Waals surface area contributed by atoms with Crippen molar-refractivity contribution in [3.8, 4) is 11.3 Å². The van der Waals surface area contributed by atoms with E-state index in [-0.39, 0.29) is 11.6 Å². The molecule has 0 spiro atoms. The van der Waals surface area contributed by atoms with Crippen LogP contribution in [0.2, 0.25) is 10.0 Å². The number of halogens is 2. The van der Waals surface area contributed by atoms with Crippen molar-refractivity contribution in [2.45, 2.75) is 13.5 Å². The van der Waals surface area contributed by atoms with E-state index in [1.807, 2.05) is 20.0 Å². The highest BCUT2D eigenvalue weighted by molar-refractivity contribution is 6.36. The second-order valence-electron chi connectivity index (χ2n) is 5.28. The zero-order chi connectivity index (χ0) is 17.3. The van der Waals surface area contributed by atoms with Gasteiger partial charge < -0.3 is 9.84 Å². The van der Waals surface area contributed by atoms with E-state index < -0.39 is 0 Å². The van der Waals surface area contributed by atoms with Crippen molar-refractivity contribution in [3.05, 3.63) is 57.5 Å². The zero-order valence-electron chi connectivity index (χ0n) is 13.0. The van der Waals surface area contributed by atoms with Crippen LogP contribution in [0.1, 0.15) is 21.9 Å². The van der Waals surface area contributed by atoms with Crippen LogP contribution in [0.4, 0.5) is 0 Å². The third kappa shape index (κ3) is 3.44. The van der Waals surface area contributed by atoms with Gasteiger partial charge in [0.2, 0.25) is 0 Å². The Morgan fingerprint density at radius 3 is 2.75 bits per heavy atom. The molecule has 24 heavy (non-hydrogen) atoms. The summed E-state index contributed by atoms with van der Waals surface area (Å²) in [4.78, 5) is 12.2. The number of carbonyl (C=O) groups is 1. The van der Waals surface area contributed by atoms with Crippen LogP contribution in [0.15, 0.2) is 34.9 Å². The van der Waals surface area contributed by atoms with E-state index >= 15 is 0 Å². The lowest BCUT2D eigenvalue weighted by atomic mass is 10.1. The molecule has 8 heteroatoms. The summed E-state index contributed by atoms with van der Waals surface area (Å²) >= 11 is 12.0. The summed E-state index contributed by atoms with van der Waals surface area (Å²) < 4.78 is 6.94. The molecule has 3 rings (SSSR count). The Morgan fingerprint density at radius 1 is 1.29 bits per heavy atom. The van der Waals surface area contributed by atoms with Crippen molar-refractivity contribution in [2.75, 3.05) is 0 Å². The monoisotopic (exact) mass is 364 g/mol. The Morgan fingerprint density at radius 2 is 2.08 bits per heavy atom. The van der Waals surface area contributed by atoms with Crippen molar-refractivity contribution in [3.63, 3.8) is 0 Å². The van der Waals surface area contributed by atoms with Gasteiger partial charge in [0, 0.05) is 23.7 Å². The summed E-state index contributed by atoms with van der Waals surface area (Å²) in [5, 5.41) is 11.8. The van der Waals surface area contributed by atoms with Crippen LogP contribution in [0, 0.1) is 6.92 Å². The fourth-order valence-electron chi connectivity index (χ4n) is 2.29. The van der Waals surface area contributed by atoms with Gasteiger partial charge in [-0.05, 0) is 31.2 Å². The van der Waals surface area contributed by atoms with Gasteiger partial charge in [0.15, 0.2) is 11.5 Å². The first kappa shape index (κ1) is 16.5. The molecule has 6 nitrogen and oxygen atoms in total. The van der Waals surface area contributed by atoms with Crippen LogP contribution < -0.4 is 5.32 Å². The zero-order valence-corrected chi connectivity index (χ0v) is 14.5. The van der Waals surface area contributed by atoms with Gasteiger partial charge in [0.1, 0.15) is 0 Å². The molecule has 1 N–H and O–H groups in total. The topological polar surface area (TPSA) is 73.0 Å². The van der Waals surface area contributed by atoms with E-state index in [4.69, 9.17) is 27.7 Å². The average Bonchev–Trinajstić information content (AvgIpc) is 3.11. The first-order valence-corrected chi connectivity index (χ1v) is 7.89. The second kappa shape index (κ2) is 6.67. The first-order chi connectivity index (χ1) is 11.4. The van der Waals surface area contributed by atoms with Gasteiger partial charge >= 0.3 is 0 Å². The number of nitrogens with one attached hydrogen (secondary N) is 1. The van der Waals surface area contributed by atoms with E-state index in [9.17, 15) is 4.79 Å². The van der Waals surface area contributed by atoms with Gasteiger partial charge in [-0.15, -0.1) is 0 Å². The minimum absolute atomic E-state index is 0.176. The number of carbonyl (C=O) groups excluding carboxylic acids is 1. The predicted molar refractivity (Wildman–Crippen MR) is 91.1 cm³/mol. The fraction of sp³-hybridized carbons (Fsp3) is 0.188. The van der Waals surface area contributed by atoms with Crippen molar-refractivity contribution in [1.29, 1.82) is 0 Å². The Bertz CT molecular complexity index is 901. The molecule has 0 bridgehead atoms. The van der Waals surface area contributed by atoms with Gasteiger partial charge in [-0.25, -0.2) is 0 Å². The molecule has 1 amide bonds. The highest BCUT2D eigenvalue weighted by Gasteiger charge is 2.16. The van der Waals surface area contributed by atoms with Gasteiger partial charge in [0.25, 0.3) is 5.91 Å². The number of aryl methyl sites for hydroxylation is 2. The van der Waals surface area contributed by atoms with Crippen molar-refractivity contribution >= 4 is 29.1 Å². The fourth-order valence-corrected chi connectivity index (χ4v) is 2.79. The summed E-state index contributed by atoms with van der Waals surface area (Å²) in [5.41, 5.74) is 2.58. The summed E-state index contributed by atoms with van der Waals surface area (Å²) in [6, 6.07) is 8.45. The maximum atomic E-state index is 12.2. The molecule has 0 radical (unpaired) electrons. The third-order valence-corrected chi connectivity index (χ3v) is 4.02. The Kier molecular flexibility index (Phi) is 4.59. The largest absolute Gasteiger partial charge is 0.355 e. The maximum Gasteiger partial charge on any atom is 0.273 e. The smallest absolute Gasteiger partial charge is 0.273 e. The lowest BCUT2D eigenvalue weighted by Gasteiger charge is -2.02. The maximum absolute atomic E-state index is 12.2. The molecular formula is C16H14Cl2N4O2. The number of rotatable bonds is 4. The molecule has 1 aromatic carbocycles. The number of hydrogen-bond acceptors (Lipinski definition) is 4. The van der Waals surface area contributed by atoms with Crippen LogP contribution in [0.3, 0.4) is 0 Å². The molecule has 0 fully saturated rings. The van der Waals surface area contributed by atoms with E-state index in [2.05, 4.69) is 15.6 Å². The molecule has 0 aliphatic carbocycles. The van der Waals surface area contributed by atoms with Gasteiger partial charge in [-0.3, -0.25) is 9.48 Å². The van der Waals surface area contributed by atoms with E-state index in [1.54, 1.807) is 28.9 Å². The summed E-state index contributed by atoms with van der Waals surface area (Å²) in [6.45, 7) is 2.24. The molecule has 2 heterocycles. The number of hydrogen-bond donors (Lipinski definition) is 1. The van der Waals surface area contributed by atoms with Crippen LogP contribution in [0.25, 0.3) is 11.3 Å². The lowest BCUT2D eigenvalue weighted by Crippen LogP contribution is -2.24.